The van der Waals surface area contributed by atoms with Gasteiger partial charge < -0.3 is 48.6 Å². The van der Waals surface area contributed by atoms with E-state index < -0.39 is 135 Å². The molecule has 2 aromatic heterocycles. The zero-order chi connectivity index (χ0) is 45.5. The maximum absolute atomic E-state index is 12.6. The van der Waals surface area contributed by atoms with Gasteiger partial charge in [-0.15, -0.1) is 0 Å². The van der Waals surface area contributed by atoms with Gasteiger partial charge in [0.15, 0.2) is 29.9 Å². The summed E-state index contributed by atoms with van der Waals surface area (Å²) in [6.45, 7) is -1.75. The zero-order valence-corrected chi connectivity index (χ0v) is 41.3. The molecule has 1 aliphatic rings. The smallest absolute Gasteiger partial charge is 0.790 e. The molecule has 0 saturated carbocycles. The van der Waals surface area contributed by atoms with Crippen LogP contribution in [0.25, 0.3) is 11.2 Å². The van der Waals surface area contributed by atoms with Crippen molar-refractivity contribution in [2.45, 2.75) is 24.5 Å². The van der Waals surface area contributed by atoms with Crippen LogP contribution >= 0.6 is 23.5 Å². The zero-order valence-electron chi connectivity index (χ0n) is 32.6. The number of nitrogen functional groups attached to an aromatic ring is 1. The van der Waals surface area contributed by atoms with Crippen LogP contribution in [0.4, 0.5) is 39.9 Å². The number of aromatic nitrogens is 4. The topological polar surface area (TPSA) is 527 Å². The minimum atomic E-state index is -6.65. The van der Waals surface area contributed by atoms with Crippen molar-refractivity contribution in [2.24, 2.45) is 0 Å². The number of hydrogen-bond acceptors (Lipinski definition) is 29. The van der Waals surface area contributed by atoms with Gasteiger partial charge in [0, 0.05) is 0 Å². The number of non-ortho nitro benzene ring substituents is 2. The molecule has 5 rings (SSSR count). The van der Waals surface area contributed by atoms with Gasteiger partial charge in [-0.25, -0.2) is 19.3 Å². The normalized spacial score (nSPS) is 18.5. The van der Waals surface area contributed by atoms with E-state index in [0.29, 0.717) is 0 Å². The Hall–Kier alpha value is -3.24. The Labute approximate surface area is 433 Å². The van der Waals surface area contributed by atoms with Crippen LogP contribution in [-0.4, -0.2) is 74.0 Å². The van der Waals surface area contributed by atoms with Gasteiger partial charge in [0.25, 0.3) is 38.5 Å². The number of phosphoric acid groups is 3. The van der Waals surface area contributed by atoms with E-state index in [1.54, 1.807) is 0 Å². The van der Waals surface area contributed by atoms with E-state index in [1.807, 2.05) is 0 Å². The second-order valence-electron chi connectivity index (χ2n) is 11.3. The molecule has 2 unspecified atom stereocenters. The molecule has 0 amide bonds. The first kappa shape index (κ1) is 59.8. The molecule has 36 nitrogen and oxygen atoms in total. The van der Waals surface area contributed by atoms with E-state index in [4.69, 9.17) is 19.9 Å². The van der Waals surface area contributed by atoms with Crippen LogP contribution in [-0.2, 0) is 31.6 Å². The summed E-state index contributed by atoms with van der Waals surface area (Å²) in [7, 11) is -19.7. The summed E-state index contributed by atoms with van der Waals surface area (Å²) in [6.07, 6.45) is -8.13. The van der Waals surface area contributed by atoms with E-state index in [9.17, 15) is 94.0 Å². The van der Waals surface area contributed by atoms with E-state index in [0.717, 1.165) is 17.2 Å². The number of nitrogens with two attached hydrogens (primary N) is 1. The molecule has 0 radical (unpaired) electrons. The SMILES string of the molecule is Nc1ncnc2c1ncn2[C@@H]1O[C@H](COP(=O)([O-])OP(=O)([O-])OP(=O)([O-])[O-])[C@@H](Oc2c([N+](=O)[O-])cc([N+](=O)[O-])cc2[N+](=O)[O-])[C@H]1Oc1c([N+](=O)[O-])cc([N+](=O)[O-])cc1[N+](=O)[O-].[Li+].[Na+].[Na+].[Na+]. The monoisotopic (exact) mass is 1000 g/mol. The molecule has 43 heteroatoms. The maximum Gasteiger partial charge on any atom is 1.00 e. The number of hydrogen-bond donors (Lipinski definition) is 1. The minimum Gasteiger partial charge on any atom is -0.790 e. The van der Waals surface area contributed by atoms with Crippen molar-refractivity contribution < 1.29 is 198 Å². The van der Waals surface area contributed by atoms with Gasteiger partial charge in [0.05, 0.1) is 74.6 Å². The largest absolute Gasteiger partial charge is 1.00 e. The van der Waals surface area contributed by atoms with Crippen LogP contribution < -0.4 is 142 Å². The van der Waals surface area contributed by atoms with Crippen molar-refractivity contribution >= 4 is 74.6 Å². The van der Waals surface area contributed by atoms with Gasteiger partial charge in [0.2, 0.25) is 0 Å². The second-order valence-corrected chi connectivity index (χ2v) is 15.5. The van der Waals surface area contributed by atoms with Crippen molar-refractivity contribution in [1.82, 2.24) is 19.5 Å². The summed E-state index contributed by atoms with van der Waals surface area (Å²) in [4.78, 5) is 121. The number of fused-ring (bicyclic) bond motifs is 1. The number of nitrogens with zero attached hydrogens (tertiary/aromatic N) is 10. The molecular formula is C22H14LiN11Na3O25P3. The first-order valence-corrected chi connectivity index (χ1v) is 19.4. The van der Waals surface area contributed by atoms with Crippen molar-refractivity contribution in [3.63, 3.8) is 0 Å². The molecule has 4 aromatic rings. The molecule has 1 aliphatic heterocycles. The summed E-state index contributed by atoms with van der Waals surface area (Å²) in [6, 6.07) is 0.574. The van der Waals surface area contributed by atoms with E-state index in [2.05, 4.69) is 28.1 Å². The summed E-state index contributed by atoms with van der Waals surface area (Å²) < 4.78 is 64.0. The van der Waals surface area contributed by atoms with Crippen LogP contribution in [0.3, 0.4) is 0 Å². The van der Waals surface area contributed by atoms with E-state index >= 15 is 0 Å². The average molecular weight is 1000 g/mol. The average Bonchev–Trinajstić information content (AvgIpc) is 3.70. The molecule has 0 aliphatic carbocycles. The number of ether oxygens (including phenoxy) is 3. The Morgan fingerprint density at radius 2 is 1.08 bits per heavy atom. The fourth-order valence-corrected chi connectivity index (χ4v) is 8.14. The number of phosphoric ester groups is 1. The fourth-order valence-electron chi connectivity index (χ4n) is 5.27. The molecule has 2 aromatic carbocycles. The molecule has 3 heterocycles. The summed E-state index contributed by atoms with van der Waals surface area (Å²) in [5.74, 6) is -3.41. The molecule has 1 fully saturated rings. The van der Waals surface area contributed by atoms with Gasteiger partial charge in [-0.05, 0) is 0 Å². The van der Waals surface area contributed by atoms with Gasteiger partial charge in [0.1, 0.15) is 17.9 Å². The van der Waals surface area contributed by atoms with E-state index in [1.165, 1.54) is 0 Å². The second kappa shape index (κ2) is 23.2. The van der Waals surface area contributed by atoms with Crippen molar-refractivity contribution in [2.75, 3.05) is 12.3 Å². The standard InChI is InChI=1S/C22H18N11O25P3.Li.3Na/c23-20-15-21(25-6-24-20)27(7-26-15)22-19(56-17-12(32(42)43)3-9(29(36)37)4-13(17)33(44)45)18(14(54-22)5-53-60(49,50)58-61(51,52)57-59(46,47)48)55-16-10(30(38)39)1-8(28(34)35)2-11(16)31(40)41;;;;/h1-4,6-7,14,18-19,22H,5H2,(H,49,50)(H,51,52)(H2,23,24,25)(H2,46,47,48);;;;/q;4*+1/p-4/t14-,18-,19-,22-;;;;/m1..../s1. The molecule has 1 saturated heterocycles. The Balaban J connectivity index is 0.00000528. The molecular weight excluding hydrogens is 987 g/mol. The van der Waals surface area contributed by atoms with Gasteiger partial charge >= 0.3 is 130 Å². The number of nitro benzene ring substituents is 6. The third-order valence-corrected chi connectivity index (χ3v) is 11.2. The molecule has 0 spiro atoms. The third-order valence-electron chi connectivity index (χ3n) is 7.53. The van der Waals surface area contributed by atoms with Gasteiger partial charge in [-0.2, -0.15) is 0 Å². The summed E-state index contributed by atoms with van der Waals surface area (Å²) >= 11 is 0. The summed E-state index contributed by atoms with van der Waals surface area (Å²) in [5.41, 5.74) is -3.69. The minimum absolute atomic E-state index is 0. The number of imidazole rings is 1. The molecule has 2 N–H and O–H groups in total. The Bertz CT molecular complexity index is 2630. The number of anilines is 1. The number of rotatable bonds is 18. The van der Waals surface area contributed by atoms with Crippen LogP contribution in [0, 0.1) is 60.7 Å². The number of nitro groups is 6. The van der Waals surface area contributed by atoms with Crippen LogP contribution in [0.5, 0.6) is 11.5 Å². The summed E-state index contributed by atoms with van der Waals surface area (Å²) in [5, 5.41) is 71.8. The predicted molar refractivity (Wildman–Crippen MR) is 176 cm³/mol. The van der Waals surface area contributed by atoms with Crippen LogP contribution in [0.2, 0.25) is 0 Å². The van der Waals surface area contributed by atoms with Crippen molar-refractivity contribution in [1.29, 1.82) is 0 Å². The Morgan fingerprint density at radius 1 is 0.646 bits per heavy atom. The quantitative estimate of drug-likeness (QED) is 0.0418. The molecule has 65 heavy (non-hydrogen) atoms. The molecule has 6 atom stereocenters. The van der Waals surface area contributed by atoms with Gasteiger partial charge in [-0.3, -0.25) is 78.7 Å². The van der Waals surface area contributed by atoms with Crippen LogP contribution in [0.1, 0.15) is 6.23 Å². The first-order chi connectivity index (χ1) is 28.2. The molecule has 326 valence electrons. The Kier molecular flexibility index (Phi) is 21.3. The number of benzene rings is 2. The maximum atomic E-state index is 12.6. The molecule has 0 bridgehead atoms. The fraction of sp³-hybridized carbons (Fsp3) is 0.227. The van der Waals surface area contributed by atoms with Crippen molar-refractivity contribution in [3.8, 4) is 11.5 Å². The predicted octanol–water partition coefficient (Wildman–Crippen LogP) is -12.5. The van der Waals surface area contributed by atoms with E-state index in [-0.39, 0.29) is 143 Å². The Morgan fingerprint density at radius 3 is 1.48 bits per heavy atom. The van der Waals surface area contributed by atoms with Gasteiger partial charge in [-0.1, -0.05) is 0 Å². The van der Waals surface area contributed by atoms with Crippen LogP contribution in [0.15, 0.2) is 36.9 Å². The first-order valence-electron chi connectivity index (χ1n) is 15.1. The third kappa shape index (κ3) is 14.1. The van der Waals surface area contributed by atoms with Crippen molar-refractivity contribution in [3.05, 3.63) is 97.6 Å².